The maximum atomic E-state index is 4.19. The van der Waals surface area contributed by atoms with Gasteiger partial charge in [0, 0.05) is 17.8 Å². The van der Waals surface area contributed by atoms with E-state index >= 15 is 0 Å². The lowest BCUT2D eigenvalue weighted by Gasteiger charge is -2.29. The number of hydrogen-bond acceptors (Lipinski definition) is 2. The molecule has 1 saturated carbocycles. The second kappa shape index (κ2) is 2.62. The highest BCUT2D eigenvalue weighted by Gasteiger charge is 2.22. The zero-order valence-electron chi connectivity index (χ0n) is 7.53. The third-order valence-corrected chi connectivity index (χ3v) is 3.02. The molecule has 1 aromatic heterocycles. The third kappa shape index (κ3) is 0.996. The third-order valence-electron chi connectivity index (χ3n) is 3.02. The van der Waals surface area contributed by atoms with Crippen LogP contribution in [0.25, 0.3) is 0 Å². The van der Waals surface area contributed by atoms with Crippen LogP contribution >= 0.6 is 0 Å². The van der Waals surface area contributed by atoms with Crippen molar-refractivity contribution in [3.63, 3.8) is 0 Å². The van der Waals surface area contributed by atoms with Crippen LogP contribution in [0.4, 0.5) is 5.82 Å². The highest BCUT2D eigenvalue weighted by molar-refractivity contribution is 5.78. The molecule has 0 radical (unpaired) electrons. The lowest BCUT2D eigenvalue weighted by atomic mass is 9.93. The molecule has 2 aliphatic rings. The van der Waals surface area contributed by atoms with E-state index in [2.05, 4.69) is 27.1 Å². The van der Waals surface area contributed by atoms with Crippen molar-refractivity contribution in [3.05, 3.63) is 17.8 Å². The molecular formula is C10H13N3. The van der Waals surface area contributed by atoms with Gasteiger partial charge in [-0.05, 0) is 25.3 Å². The number of nitrogens with one attached hydrogen (secondary N) is 1. The second-order valence-corrected chi connectivity index (χ2v) is 3.80. The van der Waals surface area contributed by atoms with Crippen LogP contribution in [0.2, 0.25) is 0 Å². The number of aromatic nitrogens is 1. The fourth-order valence-electron chi connectivity index (χ4n) is 2.00. The Balaban J connectivity index is 1.98. The molecule has 1 N–H and O–H groups in total. The van der Waals surface area contributed by atoms with Crippen molar-refractivity contribution in [1.29, 1.82) is 0 Å². The molecule has 0 saturated heterocycles. The maximum Gasteiger partial charge on any atom is 0.116 e. The summed E-state index contributed by atoms with van der Waals surface area (Å²) in [6.07, 6.45) is 8.04. The number of anilines is 1. The van der Waals surface area contributed by atoms with Crippen molar-refractivity contribution in [1.82, 2.24) is 4.57 Å². The molecule has 0 unspecified atom stereocenters. The Morgan fingerprint density at radius 1 is 1.46 bits per heavy atom. The van der Waals surface area contributed by atoms with Gasteiger partial charge in [0.25, 0.3) is 0 Å². The monoisotopic (exact) mass is 175 g/mol. The van der Waals surface area contributed by atoms with Gasteiger partial charge in [0.1, 0.15) is 5.82 Å². The normalized spacial score (nSPS) is 20.6. The van der Waals surface area contributed by atoms with Gasteiger partial charge in [0.2, 0.25) is 0 Å². The van der Waals surface area contributed by atoms with Crippen LogP contribution < -0.4 is 5.32 Å². The van der Waals surface area contributed by atoms with Crippen LogP contribution in [0, 0.1) is 0 Å². The summed E-state index contributed by atoms with van der Waals surface area (Å²) in [5.74, 6) is 1.26. The van der Waals surface area contributed by atoms with E-state index < -0.39 is 0 Å². The van der Waals surface area contributed by atoms with Gasteiger partial charge in [0.15, 0.2) is 0 Å². The molecule has 2 heterocycles. The molecule has 1 fully saturated rings. The first-order chi connectivity index (χ1) is 6.45. The number of rotatable bonds is 1. The molecule has 0 aromatic carbocycles. The summed E-state index contributed by atoms with van der Waals surface area (Å²) in [4.78, 5) is 4.19. The summed E-state index contributed by atoms with van der Waals surface area (Å²) >= 11 is 0. The fraction of sp³-hybridized carbons (Fsp3) is 0.500. The van der Waals surface area contributed by atoms with Crippen molar-refractivity contribution in [3.8, 4) is 0 Å². The van der Waals surface area contributed by atoms with Crippen molar-refractivity contribution >= 4 is 12.2 Å². The zero-order valence-corrected chi connectivity index (χ0v) is 7.53. The summed E-state index contributed by atoms with van der Waals surface area (Å²) in [6.45, 7) is 0.835. The Labute approximate surface area is 77.5 Å². The van der Waals surface area contributed by atoms with Crippen LogP contribution in [-0.2, 0) is 6.54 Å². The standard InChI is InChI=1S/C10H13N3/c1-2-9(3-1)13-5-4-8-6-11-7-12-10(8)13/h4-5,7,9H,1-3,6H2,(H,11,12). The molecule has 0 bridgehead atoms. The van der Waals surface area contributed by atoms with Crippen molar-refractivity contribution in [2.45, 2.75) is 31.8 Å². The Kier molecular flexibility index (Phi) is 1.45. The van der Waals surface area contributed by atoms with E-state index in [1.165, 1.54) is 30.6 Å². The summed E-state index contributed by atoms with van der Waals surface area (Å²) in [6, 6.07) is 2.92. The quantitative estimate of drug-likeness (QED) is 0.696. The fourth-order valence-corrected chi connectivity index (χ4v) is 2.00. The largest absolute Gasteiger partial charge is 0.333 e. The van der Waals surface area contributed by atoms with Crippen molar-refractivity contribution in [2.75, 3.05) is 5.32 Å². The van der Waals surface area contributed by atoms with Crippen LogP contribution in [0.1, 0.15) is 30.9 Å². The number of hydrogen-bond donors (Lipinski definition) is 1. The molecule has 1 aliphatic heterocycles. The summed E-state index contributed by atoms with van der Waals surface area (Å²) < 4.78 is 2.37. The van der Waals surface area contributed by atoms with E-state index in [9.17, 15) is 0 Å². The molecule has 3 nitrogen and oxygen atoms in total. The van der Waals surface area contributed by atoms with Gasteiger partial charge < -0.3 is 9.88 Å². The van der Waals surface area contributed by atoms with Gasteiger partial charge in [-0.1, -0.05) is 0 Å². The summed E-state index contributed by atoms with van der Waals surface area (Å²) in [5, 5.41) is 3.23. The van der Waals surface area contributed by atoms with Gasteiger partial charge in [-0.15, -0.1) is 0 Å². The first-order valence-electron chi connectivity index (χ1n) is 4.90. The smallest absolute Gasteiger partial charge is 0.116 e. The van der Waals surface area contributed by atoms with Crippen LogP contribution in [-0.4, -0.2) is 10.9 Å². The van der Waals surface area contributed by atoms with Gasteiger partial charge in [-0.3, -0.25) is 4.99 Å². The zero-order chi connectivity index (χ0) is 8.67. The Morgan fingerprint density at radius 3 is 3.15 bits per heavy atom. The van der Waals surface area contributed by atoms with E-state index in [1.807, 2.05) is 0 Å². The maximum absolute atomic E-state index is 4.19. The van der Waals surface area contributed by atoms with Crippen LogP contribution in [0.5, 0.6) is 0 Å². The van der Waals surface area contributed by atoms with Crippen molar-refractivity contribution < 1.29 is 0 Å². The van der Waals surface area contributed by atoms with Gasteiger partial charge in [-0.2, -0.15) is 0 Å². The predicted octanol–water partition coefficient (Wildman–Crippen LogP) is 2.17. The molecule has 0 atom stereocenters. The average molecular weight is 175 g/mol. The highest BCUT2D eigenvalue weighted by atomic mass is 15.2. The van der Waals surface area contributed by atoms with E-state index in [0.29, 0.717) is 0 Å². The van der Waals surface area contributed by atoms with E-state index in [1.54, 1.807) is 6.34 Å². The Bertz CT molecular complexity index is 347. The van der Waals surface area contributed by atoms with E-state index in [0.717, 1.165) is 12.6 Å². The van der Waals surface area contributed by atoms with Gasteiger partial charge in [0.05, 0.1) is 12.9 Å². The SMILES string of the molecule is C1=NCc2ccn(C3CCC3)c2N1. The Morgan fingerprint density at radius 2 is 2.38 bits per heavy atom. The van der Waals surface area contributed by atoms with Crippen LogP contribution in [0.15, 0.2) is 17.3 Å². The molecule has 1 aliphatic carbocycles. The molecule has 68 valence electrons. The summed E-state index contributed by atoms with van der Waals surface area (Å²) in [5.41, 5.74) is 1.33. The molecule has 0 spiro atoms. The minimum Gasteiger partial charge on any atom is -0.333 e. The molecule has 0 amide bonds. The van der Waals surface area contributed by atoms with Gasteiger partial charge in [-0.25, -0.2) is 0 Å². The topological polar surface area (TPSA) is 29.3 Å². The average Bonchev–Trinajstić information content (AvgIpc) is 2.47. The summed E-state index contributed by atoms with van der Waals surface area (Å²) in [7, 11) is 0. The van der Waals surface area contributed by atoms with Gasteiger partial charge >= 0.3 is 0 Å². The van der Waals surface area contributed by atoms with Crippen molar-refractivity contribution in [2.24, 2.45) is 4.99 Å². The minimum absolute atomic E-state index is 0.739. The molecule has 13 heavy (non-hydrogen) atoms. The second-order valence-electron chi connectivity index (χ2n) is 3.80. The van der Waals surface area contributed by atoms with Crippen LogP contribution in [0.3, 0.4) is 0 Å². The van der Waals surface area contributed by atoms with E-state index in [4.69, 9.17) is 0 Å². The highest BCUT2D eigenvalue weighted by Crippen LogP contribution is 2.36. The Hall–Kier alpha value is -1.25. The first-order valence-corrected chi connectivity index (χ1v) is 4.90. The first kappa shape index (κ1) is 7.18. The molecule has 1 aromatic rings. The number of fused-ring (bicyclic) bond motifs is 1. The van der Waals surface area contributed by atoms with E-state index in [-0.39, 0.29) is 0 Å². The number of aliphatic imine (C=N–C) groups is 1. The lowest BCUT2D eigenvalue weighted by molar-refractivity contribution is 0.317. The number of nitrogens with zero attached hydrogens (tertiary/aromatic N) is 2. The molecular weight excluding hydrogens is 162 g/mol. The minimum atomic E-state index is 0.739. The molecule has 3 heteroatoms. The predicted molar refractivity (Wildman–Crippen MR) is 53.1 cm³/mol. The lowest BCUT2D eigenvalue weighted by Crippen LogP contribution is -2.19. The molecule has 3 rings (SSSR count).